The molecule has 0 atom stereocenters. The highest BCUT2D eigenvalue weighted by Crippen LogP contribution is 2.23. The molecular weight excluding hydrogens is 490 g/mol. The molecule has 0 aliphatic rings. The topological polar surface area (TPSA) is 179 Å². The van der Waals surface area contributed by atoms with E-state index in [2.05, 4.69) is 0 Å². The van der Waals surface area contributed by atoms with Crippen LogP contribution in [-0.2, 0) is 4.74 Å². The smallest absolute Gasteiger partial charge is 0.142 e. The van der Waals surface area contributed by atoms with Crippen molar-refractivity contribution in [1.29, 1.82) is 10.8 Å². The summed E-state index contributed by atoms with van der Waals surface area (Å²) in [5.41, 5.74) is 24.4. The van der Waals surface area contributed by atoms with Gasteiger partial charge in [0.2, 0.25) is 0 Å². The molecule has 176 valence electrons. The minimum atomic E-state index is -0.0480. The van der Waals surface area contributed by atoms with E-state index < -0.39 is 0 Å². The molecule has 0 fully saturated rings. The zero-order chi connectivity index (χ0) is 19.8. The summed E-state index contributed by atoms with van der Waals surface area (Å²) >= 11 is 0. The molecule has 0 saturated carbocycles. The lowest BCUT2D eigenvalue weighted by molar-refractivity contribution is 0.0768. The van der Waals surface area contributed by atoms with Crippen LogP contribution in [0.15, 0.2) is 36.4 Å². The van der Waals surface area contributed by atoms with Gasteiger partial charge in [0.05, 0.1) is 24.6 Å². The summed E-state index contributed by atoms with van der Waals surface area (Å²) in [4.78, 5) is 0. The molecule has 10 N–H and O–H groups in total. The second-order valence-corrected chi connectivity index (χ2v) is 5.64. The van der Waals surface area contributed by atoms with E-state index in [1.807, 2.05) is 0 Å². The van der Waals surface area contributed by atoms with Gasteiger partial charge in [0.15, 0.2) is 0 Å². The van der Waals surface area contributed by atoms with Crippen LogP contribution < -0.4 is 32.4 Å². The number of hydrogen-bond acceptors (Lipinski definition) is 7. The molecule has 0 aliphatic carbocycles. The number of nitrogens with one attached hydrogen (secondary N) is 2. The minimum Gasteiger partial charge on any atom is -0.489 e. The number of hydrogen-bond donors (Lipinski definition) is 6. The van der Waals surface area contributed by atoms with E-state index in [9.17, 15) is 0 Å². The molecular formula is C18H28Cl4N6O3. The molecule has 0 bridgehead atoms. The lowest BCUT2D eigenvalue weighted by Crippen LogP contribution is -2.14. The number of nitrogen functional groups attached to an aromatic ring is 4. The van der Waals surface area contributed by atoms with Crippen LogP contribution in [-0.4, -0.2) is 38.1 Å². The summed E-state index contributed by atoms with van der Waals surface area (Å²) in [6, 6.07) is 9.86. The van der Waals surface area contributed by atoms with Crippen LogP contribution >= 0.6 is 49.6 Å². The Morgan fingerprint density at radius 2 is 1.00 bits per heavy atom. The van der Waals surface area contributed by atoms with Crippen LogP contribution in [0.1, 0.15) is 11.1 Å². The van der Waals surface area contributed by atoms with Crippen LogP contribution in [0.5, 0.6) is 11.5 Å². The third kappa shape index (κ3) is 10.5. The van der Waals surface area contributed by atoms with Crippen molar-refractivity contribution in [1.82, 2.24) is 0 Å². The predicted molar refractivity (Wildman–Crippen MR) is 135 cm³/mol. The van der Waals surface area contributed by atoms with Gasteiger partial charge in [-0.1, -0.05) is 0 Å². The summed E-state index contributed by atoms with van der Waals surface area (Å²) in [6.45, 7) is 1.35. The van der Waals surface area contributed by atoms with E-state index >= 15 is 0 Å². The van der Waals surface area contributed by atoms with E-state index in [0.717, 1.165) is 0 Å². The fourth-order valence-electron chi connectivity index (χ4n) is 2.22. The Morgan fingerprint density at radius 3 is 1.29 bits per heavy atom. The first-order chi connectivity index (χ1) is 12.9. The van der Waals surface area contributed by atoms with Crippen LogP contribution in [0, 0.1) is 10.8 Å². The van der Waals surface area contributed by atoms with Gasteiger partial charge in [0, 0.05) is 11.1 Å². The molecule has 0 aliphatic heterocycles. The molecule has 0 spiro atoms. The van der Waals surface area contributed by atoms with E-state index in [4.69, 9.17) is 48.0 Å². The maximum atomic E-state index is 7.37. The first-order valence-electron chi connectivity index (χ1n) is 8.19. The van der Waals surface area contributed by atoms with Gasteiger partial charge in [-0.25, -0.2) is 0 Å². The summed E-state index contributed by atoms with van der Waals surface area (Å²) in [6.07, 6.45) is 0. The molecule has 0 saturated heterocycles. The summed E-state index contributed by atoms with van der Waals surface area (Å²) in [7, 11) is 0. The standard InChI is InChI=1S/C18H24N6O3.4ClH/c19-13-9-11(17(21)22)1-3-15(13)26-7-5-25-6-8-27-16-4-2-12(18(23)24)10-14(16)20;;;;/h1-4,9-10H,5-8,19-20H2,(H3,21,22)(H3,23,24);4*1H. The van der Waals surface area contributed by atoms with Crippen LogP contribution in [0.2, 0.25) is 0 Å². The summed E-state index contributed by atoms with van der Waals surface area (Å²) < 4.78 is 16.5. The zero-order valence-electron chi connectivity index (χ0n) is 16.5. The quantitative estimate of drug-likeness (QED) is 0.121. The van der Waals surface area contributed by atoms with Gasteiger partial charge in [-0.15, -0.1) is 49.6 Å². The van der Waals surface area contributed by atoms with Crippen molar-refractivity contribution in [2.45, 2.75) is 0 Å². The highest BCUT2D eigenvalue weighted by molar-refractivity contribution is 5.96. The Bertz CT molecular complexity index is 774. The monoisotopic (exact) mass is 516 g/mol. The third-order valence-electron chi connectivity index (χ3n) is 3.61. The van der Waals surface area contributed by atoms with Crippen molar-refractivity contribution in [3.05, 3.63) is 47.5 Å². The molecule has 0 aromatic heterocycles. The van der Waals surface area contributed by atoms with Gasteiger partial charge >= 0.3 is 0 Å². The predicted octanol–water partition coefficient (Wildman–Crippen LogP) is 2.58. The Hall–Kier alpha value is -2.30. The normalized spacial score (nSPS) is 9.03. The number of anilines is 2. The minimum absolute atomic E-state index is 0. The summed E-state index contributed by atoms with van der Waals surface area (Å²) in [5, 5.41) is 14.7. The molecule has 0 unspecified atom stereocenters. The SMILES string of the molecule is Cl.Cl.Cl.Cl.N=C(N)c1ccc(OCCOCCOc2ccc(C(=N)N)cc2N)c(N)c1. The fourth-order valence-corrected chi connectivity index (χ4v) is 2.22. The molecule has 13 heteroatoms. The van der Waals surface area contributed by atoms with E-state index in [1.54, 1.807) is 36.4 Å². The van der Waals surface area contributed by atoms with Crippen molar-refractivity contribution in [3.8, 4) is 11.5 Å². The highest BCUT2D eigenvalue weighted by Gasteiger charge is 2.05. The van der Waals surface area contributed by atoms with Gasteiger partial charge in [0.25, 0.3) is 0 Å². The van der Waals surface area contributed by atoms with Gasteiger partial charge in [-0.2, -0.15) is 0 Å². The largest absolute Gasteiger partial charge is 0.489 e. The molecule has 0 amide bonds. The van der Waals surface area contributed by atoms with Crippen molar-refractivity contribution in [2.24, 2.45) is 11.5 Å². The van der Waals surface area contributed by atoms with Crippen LogP contribution in [0.25, 0.3) is 0 Å². The highest BCUT2D eigenvalue weighted by atomic mass is 35.5. The van der Waals surface area contributed by atoms with E-state index in [0.29, 0.717) is 60.4 Å². The lowest BCUT2D eigenvalue weighted by Gasteiger charge is -2.12. The maximum absolute atomic E-state index is 7.37. The molecule has 2 aromatic rings. The van der Waals surface area contributed by atoms with Crippen LogP contribution in [0.4, 0.5) is 11.4 Å². The Balaban J connectivity index is -0.00000196. The first-order valence-corrected chi connectivity index (χ1v) is 8.19. The fraction of sp³-hybridized carbons (Fsp3) is 0.222. The third-order valence-corrected chi connectivity index (χ3v) is 3.61. The van der Waals surface area contributed by atoms with Gasteiger partial charge in [-0.05, 0) is 36.4 Å². The lowest BCUT2D eigenvalue weighted by atomic mass is 10.2. The van der Waals surface area contributed by atoms with Gasteiger partial charge in [-0.3, -0.25) is 10.8 Å². The molecule has 31 heavy (non-hydrogen) atoms. The van der Waals surface area contributed by atoms with Gasteiger partial charge in [0.1, 0.15) is 36.4 Å². The number of benzene rings is 2. The summed E-state index contributed by atoms with van der Waals surface area (Å²) in [5.74, 6) is 0.928. The first kappa shape index (κ1) is 33.3. The number of rotatable bonds is 10. The van der Waals surface area contributed by atoms with Crippen LogP contribution in [0.3, 0.4) is 0 Å². The molecule has 0 radical (unpaired) electrons. The average Bonchev–Trinajstić information content (AvgIpc) is 2.62. The Labute approximate surface area is 205 Å². The Morgan fingerprint density at radius 1 is 0.645 bits per heavy atom. The molecule has 2 rings (SSSR count). The Kier molecular flexibility index (Phi) is 17.6. The van der Waals surface area contributed by atoms with Crippen molar-refractivity contribution in [3.63, 3.8) is 0 Å². The van der Waals surface area contributed by atoms with E-state index in [-0.39, 0.29) is 61.3 Å². The zero-order valence-corrected chi connectivity index (χ0v) is 19.7. The molecule has 2 aromatic carbocycles. The molecule has 9 nitrogen and oxygen atoms in total. The maximum Gasteiger partial charge on any atom is 0.142 e. The second-order valence-electron chi connectivity index (χ2n) is 5.64. The number of ether oxygens (including phenoxy) is 3. The number of nitrogens with two attached hydrogens (primary N) is 4. The van der Waals surface area contributed by atoms with E-state index in [1.165, 1.54) is 0 Å². The van der Waals surface area contributed by atoms with Crippen molar-refractivity contribution < 1.29 is 14.2 Å². The second kappa shape index (κ2) is 16.4. The number of halogens is 4. The van der Waals surface area contributed by atoms with Crippen molar-refractivity contribution in [2.75, 3.05) is 37.9 Å². The number of amidine groups is 2. The van der Waals surface area contributed by atoms with Crippen molar-refractivity contribution >= 4 is 72.7 Å². The van der Waals surface area contributed by atoms with Gasteiger partial charge < -0.3 is 37.1 Å². The molecule has 0 heterocycles. The average molecular weight is 518 g/mol.